The van der Waals surface area contributed by atoms with Crippen molar-refractivity contribution in [1.82, 2.24) is 0 Å². The fourth-order valence-corrected chi connectivity index (χ4v) is 0.868. The molecule has 1 aromatic rings. The smallest absolute Gasteiger partial charge is 0 e. The predicted octanol–water partition coefficient (Wildman–Crippen LogP) is 2.36. The van der Waals surface area contributed by atoms with Crippen LogP contribution in [-0.2, 0) is 26.5 Å². The van der Waals surface area contributed by atoms with Crippen molar-refractivity contribution in [3.05, 3.63) is 35.4 Å². The Morgan fingerprint density at radius 3 is 2.60 bits per heavy atom. The van der Waals surface area contributed by atoms with E-state index in [-0.39, 0.29) is 20.1 Å². The zero-order chi connectivity index (χ0) is 6.69. The van der Waals surface area contributed by atoms with E-state index < -0.39 is 0 Å². The first kappa shape index (κ1) is 9.87. The standard InChI is InChI=1S/C9H11.Ir/c1-3-9-6-4-5-8(2)7-9;/h4,6-7H,3H2,1-2H3;/q-1;. The zero-order valence-corrected chi connectivity index (χ0v) is 8.67. The number of rotatable bonds is 1. The Hall–Kier alpha value is -0.131. The van der Waals surface area contributed by atoms with Crippen LogP contribution in [0.5, 0.6) is 0 Å². The van der Waals surface area contributed by atoms with Crippen LogP contribution >= 0.6 is 0 Å². The Morgan fingerprint density at radius 2 is 2.20 bits per heavy atom. The molecule has 0 aliphatic carbocycles. The van der Waals surface area contributed by atoms with Crippen molar-refractivity contribution in [3.63, 3.8) is 0 Å². The SMILES string of the molecule is CCc1cc[c-]c(C)c1.[Ir]. The van der Waals surface area contributed by atoms with Crippen LogP contribution in [0, 0.1) is 13.0 Å². The molecule has 0 amide bonds. The Bertz CT molecular complexity index is 194. The number of hydrogen-bond donors (Lipinski definition) is 0. The van der Waals surface area contributed by atoms with E-state index in [4.69, 9.17) is 0 Å². The zero-order valence-electron chi connectivity index (χ0n) is 6.27. The summed E-state index contributed by atoms with van der Waals surface area (Å²) in [7, 11) is 0. The van der Waals surface area contributed by atoms with Crippen molar-refractivity contribution in [2.75, 3.05) is 0 Å². The van der Waals surface area contributed by atoms with Crippen molar-refractivity contribution in [2.45, 2.75) is 20.3 Å². The Labute approximate surface area is 76.0 Å². The van der Waals surface area contributed by atoms with E-state index in [2.05, 4.69) is 32.0 Å². The van der Waals surface area contributed by atoms with Gasteiger partial charge in [0.2, 0.25) is 0 Å². The molecule has 0 nitrogen and oxygen atoms in total. The molecular weight excluding hydrogens is 300 g/mol. The molecule has 0 unspecified atom stereocenters. The van der Waals surface area contributed by atoms with Crippen molar-refractivity contribution < 1.29 is 20.1 Å². The van der Waals surface area contributed by atoms with Gasteiger partial charge < -0.3 is 0 Å². The van der Waals surface area contributed by atoms with Gasteiger partial charge in [-0.1, -0.05) is 20.3 Å². The van der Waals surface area contributed by atoms with Crippen molar-refractivity contribution in [1.29, 1.82) is 0 Å². The van der Waals surface area contributed by atoms with E-state index in [1.54, 1.807) is 0 Å². The summed E-state index contributed by atoms with van der Waals surface area (Å²) in [5, 5.41) is 0. The summed E-state index contributed by atoms with van der Waals surface area (Å²) in [4.78, 5) is 0. The van der Waals surface area contributed by atoms with Crippen LogP contribution in [0.15, 0.2) is 18.2 Å². The fraction of sp³-hybridized carbons (Fsp3) is 0.333. The van der Waals surface area contributed by atoms with E-state index in [9.17, 15) is 0 Å². The maximum Gasteiger partial charge on any atom is 0 e. The molecule has 57 valence electrons. The molecule has 0 atom stereocenters. The van der Waals surface area contributed by atoms with Gasteiger partial charge in [-0.05, 0) is 0 Å². The molecule has 0 fully saturated rings. The van der Waals surface area contributed by atoms with Gasteiger partial charge in [-0.3, -0.25) is 0 Å². The minimum Gasteiger partial charge on any atom is -0.181 e. The molecule has 0 saturated heterocycles. The molecule has 10 heavy (non-hydrogen) atoms. The second kappa shape index (κ2) is 4.65. The summed E-state index contributed by atoms with van der Waals surface area (Å²) in [6, 6.07) is 9.36. The van der Waals surface area contributed by atoms with Gasteiger partial charge in [-0.25, -0.2) is 0 Å². The summed E-state index contributed by atoms with van der Waals surface area (Å²) >= 11 is 0. The first-order valence-electron chi connectivity index (χ1n) is 3.30. The average molecular weight is 311 g/mol. The minimum atomic E-state index is 0. The van der Waals surface area contributed by atoms with Gasteiger partial charge in [-0.2, -0.15) is 35.4 Å². The maximum atomic E-state index is 3.11. The van der Waals surface area contributed by atoms with Gasteiger partial charge in [0.1, 0.15) is 0 Å². The number of hydrogen-bond acceptors (Lipinski definition) is 0. The van der Waals surface area contributed by atoms with Gasteiger partial charge >= 0.3 is 0 Å². The molecular formula is C9H11Ir-. The first-order valence-corrected chi connectivity index (χ1v) is 3.30. The molecule has 0 bridgehead atoms. The number of benzene rings is 1. The number of aryl methyl sites for hydroxylation is 2. The van der Waals surface area contributed by atoms with Crippen LogP contribution in [0.4, 0.5) is 0 Å². The molecule has 1 radical (unpaired) electrons. The van der Waals surface area contributed by atoms with Crippen LogP contribution in [0.3, 0.4) is 0 Å². The third-order valence-corrected chi connectivity index (χ3v) is 1.42. The quantitative estimate of drug-likeness (QED) is 0.699. The molecule has 0 aliphatic rings. The van der Waals surface area contributed by atoms with Gasteiger partial charge in [0.05, 0.1) is 0 Å². The van der Waals surface area contributed by atoms with Crippen molar-refractivity contribution in [3.8, 4) is 0 Å². The molecule has 0 spiro atoms. The van der Waals surface area contributed by atoms with E-state index in [1.165, 1.54) is 11.1 Å². The molecule has 0 aliphatic heterocycles. The monoisotopic (exact) mass is 312 g/mol. The van der Waals surface area contributed by atoms with Crippen molar-refractivity contribution >= 4 is 0 Å². The van der Waals surface area contributed by atoms with Crippen LogP contribution in [0.25, 0.3) is 0 Å². The molecule has 1 heteroatoms. The summed E-state index contributed by atoms with van der Waals surface area (Å²) in [6.45, 7) is 4.23. The molecule has 1 rings (SSSR count). The largest absolute Gasteiger partial charge is 0.181 e. The maximum absolute atomic E-state index is 3.11. The predicted molar refractivity (Wildman–Crippen MR) is 39.4 cm³/mol. The van der Waals surface area contributed by atoms with Crippen LogP contribution in [0.1, 0.15) is 18.1 Å². The van der Waals surface area contributed by atoms with Gasteiger partial charge in [0.25, 0.3) is 0 Å². The van der Waals surface area contributed by atoms with Gasteiger partial charge in [0.15, 0.2) is 0 Å². The van der Waals surface area contributed by atoms with Crippen LogP contribution in [0.2, 0.25) is 0 Å². The van der Waals surface area contributed by atoms with Crippen LogP contribution in [-0.4, -0.2) is 0 Å². The first-order chi connectivity index (χ1) is 4.33. The topological polar surface area (TPSA) is 0 Å². The van der Waals surface area contributed by atoms with E-state index in [1.807, 2.05) is 6.07 Å². The third-order valence-electron chi connectivity index (χ3n) is 1.42. The van der Waals surface area contributed by atoms with Gasteiger partial charge in [-0.15, -0.1) is 0 Å². The summed E-state index contributed by atoms with van der Waals surface area (Å²) in [6.07, 6.45) is 1.12. The third kappa shape index (κ3) is 2.64. The minimum absolute atomic E-state index is 0. The van der Waals surface area contributed by atoms with E-state index >= 15 is 0 Å². The fourth-order valence-electron chi connectivity index (χ4n) is 0.868. The molecule has 0 N–H and O–H groups in total. The Morgan fingerprint density at radius 1 is 1.50 bits per heavy atom. The summed E-state index contributed by atoms with van der Waals surface area (Å²) in [5.74, 6) is 0. The Balaban J connectivity index is 0.000000810. The Kier molecular flexibility index (Phi) is 4.59. The summed E-state index contributed by atoms with van der Waals surface area (Å²) in [5.41, 5.74) is 2.63. The normalized spacial score (nSPS) is 8.60. The molecule has 0 heterocycles. The van der Waals surface area contributed by atoms with Crippen molar-refractivity contribution in [2.24, 2.45) is 0 Å². The average Bonchev–Trinajstić information content (AvgIpc) is 1.88. The van der Waals surface area contributed by atoms with Crippen LogP contribution < -0.4 is 0 Å². The molecule has 0 aromatic heterocycles. The van der Waals surface area contributed by atoms with E-state index in [0.717, 1.165) is 6.42 Å². The van der Waals surface area contributed by atoms with Gasteiger partial charge in [0, 0.05) is 20.1 Å². The molecule has 1 aromatic carbocycles. The summed E-state index contributed by atoms with van der Waals surface area (Å²) < 4.78 is 0. The van der Waals surface area contributed by atoms with E-state index in [0.29, 0.717) is 0 Å². The second-order valence-electron chi connectivity index (χ2n) is 2.23. The second-order valence-corrected chi connectivity index (χ2v) is 2.23. The molecule has 0 saturated carbocycles.